The zero-order valence-corrected chi connectivity index (χ0v) is 12.5. The van der Waals surface area contributed by atoms with Crippen molar-refractivity contribution in [3.63, 3.8) is 0 Å². The third-order valence-corrected chi connectivity index (χ3v) is 2.30. The second-order valence-corrected chi connectivity index (χ2v) is 3.55. The summed E-state index contributed by atoms with van der Waals surface area (Å²) in [5.74, 6) is 2.08. The van der Waals surface area contributed by atoms with Gasteiger partial charge in [-0.3, -0.25) is 0 Å². The van der Waals surface area contributed by atoms with Gasteiger partial charge in [-0.05, 0) is 6.92 Å². The number of nitrogen functional groups attached to an aromatic ring is 1. The molecule has 0 amide bonds. The summed E-state index contributed by atoms with van der Waals surface area (Å²) < 4.78 is 6.63. The molecule has 8 heteroatoms. The maximum Gasteiger partial charge on any atom is 0.256 e. The summed E-state index contributed by atoms with van der Waals surface area (Å²) in [4.78, 5) is 12.4. The molecule has 1 radical (unpaired) electrons. The number of rotatable bonds is 1. The van der Waals surface area contributed by atoms with Crippen LogP contribution in [0.5, 0.6) is 0 Å². The van der Waals surface area contributed by atoms with Gasteiger partial charge in [0.25, 0.3) is 5.78 Å². The molecule has 0 aliphatic rings. The maximum atomic E-state index is 5.72. The van der Waals surface area contributed by atoms with Crippen molar-refractivity contribution >= 4 is 11.7 Å². The topological polar surface area (TPSA) is 95.1 Å². The second-order valence-electron chi connectivity index (χ2n) is 3.55. The number of aryl methyl sites for hydroxylation is 1. The molecule has 0 unspecified atom stereocenters. The number of fused-ring (bicyclic) bond motifs is 1. The van der Waals surface area contributed by atoms with E-state index < -0.39 is 0 Å². The molecule has 19 heavy (non-hydrogen) atoms. The molecule has 0 atom stereocenters. The molecular formula is C11H12LrN6O-2. The van der Waals surface area contributed by atoms with Gasteiger partial charge in [-0.15, -0.1) is 11.6 Å². The van der Waals surface area contributed by atoms with Crippen LogP contribution in [-0.4, -0.2) is 24.6 Å². The van der Waals surface area contributed by atoms with Crippen LogP contribution < -0.4 is 5.73 Å². The van der Waals surface area contributed by atoms with E-state index in [1.807, 2.05) is 0 Å². The van der Waals surface area contributed by atoms with E-state index >= 15 is 0 Å². The van der Waals surface area contributed by atoms with Gasteiger partial charge in [0.2, 0.25) is 5.95 Å². The fourth-order valence-electron chi connectivity index (χ4n) is 1.54. The molecule has 3 rings (SSSR count). The van der Waals surface area contributed by atoms with Crippen molar-refractivity contribution in [1.82, 2.24) is 24.6 Å². The van der Waals surface area contributed by atoms with Crippen molar-refractivity contribution in [2.75, 3.05) is 5.73 Å². The molecule has 3 heterocycles. The largest absolute Gasteiger partial charge is 0.531 e. The molecule has 0 spiro atoms. The summed E-state index contributed by atoms with van der Waals surface area (Å²) in [6.45, 7) is 5.56. The van der Waals surface area contributed by atoms with E-state index in [2.05, 4.69) is 27.0 Å². The van der Waals surface area contributed by atoms with Gasteiger partial charge in [0.05, 0.1) is 5.76 Å². The molecule has 0 saturated heterocycles. The van der Waals surface area contributed by atoms with Gasteiger partial charge >= 0.3 is 0 Å². The summed E-state index contributed by atoms with van der Waals surface area (Å²) in [5.41, 5.74) is 6.44. The average molecular weight is 506 g/mol. The first-order valence-corrected chi connectivity index (χ1v) is 4.92. The van der Waals surface area contributed by atoms with E-state index in [0.29, 0.717) is 28.8 Å². The molecule has 7 nitrogen and oxygen atoms in total. The van der Waals surface area contributed by atoms with Crippen LogP contribution in [0.15, 0.2) is 16.7 Å². The Balaban J connectivity index is 0.000000902. The minimum atomic E-state index is 0. The van der Waals surface area contributed by atoms with E-state index in [1.165, 1.54) is 10.8 Å². The van der Waals surface area contributed by atoms with Crippen molar-refractivity contribution in [1.29, 1.82) is 0 Å². The van der Waals surface area contributed by atoms with Crippen LogP contribution in [-0.2, 0) is 0 Å². The standard InChI is InChI=1S/C10H9N6O.CH3.Lr/c1-5-3-4-17-7(5)8-14-10-13-6(2)12-9(11)16(10)15-8;;/h3-4H,1H2,2H3,(H2,11,12,13,14,15);1H3;/q2*-1;. The zero-order valence-electron chi connectivity index (χ0n) is 10.3. The fourth-order valence-corrected chi connectivity index (χ4v) is 1.54. The van der Waals surface area contributed by atoms with Crippen LogP contribution in [0, 0.1) is 21.3 Å². The second kappa shape index (κ2) is 4.36. The quantitative estimate of drug-likeness (QED) is 0.501. The van der Waals surface area contributed by atoms with Crippen molar-refractivity contribution in [3.05, 3.63) is 38.1 Å². The SMILES string of the molecule is [CH2-]c1ccoc1-c1nc2nc(C)nc(N)n2n1.[CH3-].[Lr]. The van der Waals surface area contributed by atoms with Gasteiger partial charge in [-0.2, -0.15) is 31.5 Å². The van der Waals surface area contributed by atoms with Crippen molar-refractivity contribution < 1.29 is 4.42 Å². The Morgan fingerprint density at radius 3 is 2.68 bits per heavy atom. The van der Waals surface area contributed by atoms with Crippen LogP contribution in [0.3, 0.4) is 0 Å². The van der Waals surface area contributed by atoms with Gasteiger partial charge in [0.15, 0.2) is 5.82 Å². The minimum Gasteiger partial charge on any atom is -0.531 e. The summed E-state index contributed by atoms with van der Waals surface area (Å²) >= 11 is 0. The Kier molecular flexibility index (Phi) is 3.10. The molecule has 0 bridgehead atoms. The number of hydrogen-bond donors (Lipinski definition) is 1. The van der Waals surface area contributed by atoms with Crippen LogP contribution in [0.4, 0.5) is 5.95 Å². The van der Waals surface area contributed by atoms with Crippen LogP contribution in [0.2, 0.25) is 0 Å². The fraction of sp³-hybridized carbons (Fsp3) is 0.0909. The van der Waals surface area contributed by atoms with E-state index in [1.54, 1.807) is 13.0 Å². The van der Waals surface area contributed by atoms with Crippen LogP contribution in [0.1, 0.15) is 11.4 Å². The van der Waals surface area contributed by atoms with Crippen LogP contribution >= 0.6 is 0 Å². The molecule has 0 saturated carbocycles. The number of aromatic nitrogens is 5. The monoisotopic (exact) mass is 506 g/mol. The first kappa shape index (κ1) is 13.5. The normalized spacial score (nSPS) is 9.95. The van der Waals surface area contributed by atoms with Crippen molar-refractivity contribution in [2.45, 2.75) is 6.92 Å². The predicted molar refractivity (Wildman–Crippen MR) is 66.3 cm³/mol. The Hall–Kier alpha value is -3.57. The average Bonchev–Trinajstić information content (AvgIpc) is 2.83. The molecule has 0 aliphatic carbocycles. The van der Waals surface area contributed by atoms with Gasteiger partial charge < -0.3 is 17.6 Å². The van der Waals surface area contributed by atoms with E-state index in [-0.39, 0.29) is 13.4 Å². The van der Waals surface area contributed by atoms with Crippen molar-refractivity contribution in [2.24, 2.45) is 0 Å². The van der Waals surface area contributed by atoms with E-state index in [9.17, 15) is 0 Å². The number of anilines is 1. The van der Waals surface area contributed by atoms with Gasteiger partial charge in [0, 0.05) is 6.26 Å². The van der Waals surface area contributed by atoms with E-state index in [4.69, 9.17) is 10.2 Å². The molecule has 2 N–H and O–H groups in total. The first-order valence-electron chi connectivity index (χ1n) is 4.92. The molecule has 3 aromatic rings. The van der Waals surface area contributed by atoms with E-state index in [0.717, 1.165) is 0 Å². The predicted octanol–water partition coefficient (Wildman–Crippen LogP) is 1.30. The summed E-state index contributed by atoms with van der Waals surface area (Å²) in [6.07, 6.45) is 1.53. The molecule has 109 valence electrons. The zero-order chi connectivity index (χ0) is 12.0. The third kappa shape index (κ3) is 1.88. The maximum absolute atomic E-state index is 5.72. The summed E-state index contributed by atoms with van der Waals surface area (Å²) in [7, 11) is 0. The smallest absolute Gasteiger partial charge is 0.256 e. The molecule has 0 aliphatic heterocycles. The van der Waals surface area contributed by atoms with Gasteiger partial charge in [0.1, 0.15) is 5.82 Å². The third-order valence-electron chi connectivity index (χ3n) is 2.30. The Morgan fingerprint density at radius 1 is 1.32 bits per heavy atom. The number of furan rings is 1. The van der Waals surface area contributed by atoms with Gasteiger partial charge in [-0.25, -0.2) is 0 Å². The molecular weight excluding hydrogens is 494 g/mol. The van der Waals surface area contributed by atoms with Crippen molar-refractivity contribution in [3.8, 4) is 11.6 Å². The Bertz CT molecular complexity index is 704. The molecule has 0 aromatic carbocycles. The number of nitrogens with zero attached hydrogens (tertiary/aromatic N) is 5. The summed E-state index contributed by atoms with van der Waals surface area (Å²) in [6, 6.07) is 1.74. The molecule has 3 aromatic heterocycles. The first-order chi connectivity index (χ1) is 8.15. The Morgan fingerprint density at radius 2 is 2.05 bits per heavy atom. The minimum absolute atomic E-state index is 0. The number of hydrogen-bond acceptors (Lipinski definition) is 6. The Labute approximate surface area is 104 Å². The van der Waals surface area contributed by atoms with Gasteiger partial charge in [-0.1, -0.05) is 0 Å². The summed E-state index contributed by atoms with van der Waals surface area (Å²) in [5, 5.41) is 4.18. The molecule has 0 fully saturated rings. The van der Waals surface area contributed by atoms with Crippen LogP contribution in [0.25, 0.3) is 17.4 Å². The number of nitrogens with two attached hydrogens (primary N) is 1.